The Labute approximate surface area is 120 Å². The molecule has 0 radical (unpaired) electrons. The number of anilines is 1. The standard InChI is InChI=1S/C15H24N2O3/c1-5-9-16-14(19)10-17(3)12-7-6-8-13(20-4)15(12)11(2)18/h6-8,11,18H,5,9-10H2,1-4H3,(H,16,19)/t11-/m1/s1. The highest BCUT2D eigenvalue weighted by Crippen LogP contribution is 2.33. The highest BCUT2D eigenvalue weighted by Gasteiger charge is 2.18. The minimum atomic E-state index is -0.665. The number of hydrogen-bond acceptors (Lipinski definition) is 4. The molecule has 1 aromatic carbocycles. The van der Waals surface area contributed by atoms with Gasteiger partial charge in [-0.05, 0) is 25.5 Å². The maximum Gasteiger partial charge on any atom is 0.239 e. The number of nitrogens with zero attached hydrogens (tertiary/aromatic N) is 1. The Bertz CT molecular complexity index is 447. The Morgan fingerprint density at radius 3 is 2.75 bits per heavy atom. The van der Waals surface area contributed by atoms with E-state index in [-0.39, 0.29) is 12.5 Å². The van der Waals surface area contributed by atoms with Crippen LogP contribution < -0.4 is 15.0 Å². The van der Waals surface area contributed by atoms with Crippen LogP contribution in [0.3, 0.4) is 0 Å². The number of carbonyl (C=O) groups is 1. The average molecular weight is 280 g/mol. The van der Waals surface area contributed by atoms with Gasteiger partial charge in [0.2, 0.25) is 5.91 Å². The van der Waals surface area contributed by atoms with Gasteiger partial charge in [0.25, 0.3) is 0 Å². The van der Waals surface area contributed by atoms with Crippen molar-refractivity contribution in [3.8, 4) is 5.75 Å². The number of carbonyl (C=O) groups excluding carboxylic acids is 1. The van der Waals surface area contributed by atoms with E-state index in [0.717, 1.165) is 12.1 Å². The summed E-state index contributed by atoms with van der Waals surface area (Å²) in [6.45, 7) is 4.62. The lowest BCUT2D eigenvalue weighted by Gasteiger charge is -2.24. The number of amides is 1. The normalized spacial score (nSPS) is 11.8. The second-order valence-electron chi connectivity index (χ2n) is 4.78. The third-order valence-electron chi connectivity index (χ3n) is 3.04. The molecule has 0 aliphatic carbocycles. The van der Waals surface area contributed by atoms with Crippen LogP contribution in [0.2, 0.25) is 0 Å². The minimum Gasteiger partial charge on any atom is -0.496 e. The van der Waals surface area contributed by atoms with Crippen molar-refractivity contribution in [1.29, 1.82) is 0 Å². The van der Waals surface area contributed by atoms with Crippen LogP contribution in [0.25, 0.3) is 0 Å². The molecule has 5 heteroatoms. The summed E-state index contributed by atoms with van der Waals surface area (Å²) >= 11 is 0. The number of methoxy groups -OCH3 is 1. The van der Waals surface area contributed by atoms with Crippen molar-refractivity contribution in [3.63, 3.8) is 0 Å². The van der Waals surface area contributed by atoms with Crippen LogP contribution in [-0.4, -0.2) is 38.3 Å². The van der Waals surface area contributed by atoms with Crippen molar-refractivity contribution in [2.45, 2.75) is 26.4 Å². The van der Waals surface area contributed by atoms with Crippen molar-refractivity contribution in [2.24, 2.45) is 0 Å². The Morgan fingerprint density at radius 2 is 2.20 bits per heavy atom. The average Bonchev–Trinajstić information content (AvgIpc) is 2.43. The number of aliphatic hydroxyl groups excluding tert-OH is 1. The summed E-state index contributed by atoms with van der Waals surface area (Å²) in [5, 5.41) is 12.8. The summed E-state index contributed by atoms with van der Waals surface area (Å²) in [5.74, 6) is 0.590. The number of rotatable bonds is 7. The second-order valence-corrected chi connectivity index (χ2v) is 4.78. The van der Waals surface area contributed by atoms with Crippen molar-refractivity contribution in [3.05, 3.63) is 23.8 Å². The highest BCUT2D eigenvalue weighted by atomic mass is 16.5. The number of nitrogens with one attached hydrogen (secondary N) is 1. The van der Waals surface area contributed by atoms with Crippen molar-refractivity contribution < 1.29 is 14.6 Å². The van der Waals surface area contributed by atoms with Gasteiger partial charge in [0, 0.05) is 24.8 Å². The molecule has 0 bridgehead atoms. The number of likely N-dealkylation sites (N-methyl/N-ethyl adjacent to an activating group) is 1. The topological polar surface area (TPSA) is 61.8 Å². The fourth-order valence-corrected chi connectivity index (χ4v) is 2.08. The smallest absolute Gasteiger partial charge is 0.239 e. The van der Waals surface area contributed by atoms with Crippen LogP contribution in [-0.2, 0) is 4.79 Å². The van der Waals surface area contributed by atoms with E-state index in [9.17, 15) is 9.90 Å². The van der Waals surface area contributed by atoms with Gasteiger partial charge in [0.05, 0.1) is 19.8 Å². The highest BCUT2D eigenvalue weighted by molar-refractivity contribution is 5.81. The number of ether oxygens (including phenoxy) is 1. The molecule has 0 fully saturated rings. The molecule has 112 valence electrons. The van der Waals surface area contributed by atoms with Crippen molar-refractivity contribution >= 4 is 11.6 Å². The summed E-state index contributed by atoms with van der Waals surface area (Å²) in [6, 6.07) is 5.52. The SMILES string of the molecule is CCCNC(=O)CN(C)c1cccc(OC)c1[C@@H](C)O. The quantitative estimate of drug-likeness (QED) is 0.798. The first kappa shape index (κ1) is 16.3. The molecule has 1 atom stereocenters. The third kappa shape index (κ3) is 4.13. The van der Waals surface area contributed by atoms with Crippen molar-refractivity contribution in [2.75, 3.05) is 32.1 Å². The van der Waals surface area contributed by atoms with Crippen molar-refractivity contribution in [1.82, 2.24) is 5.32 Å². The molecular weight excluding hydrogens is 256 g/mol. The zero-order chi connectivity index (χ0) is 15.1. The fourth-order valence-electron chi connectivity index (χ4n) is 2.08. The lowest BCUT2D eigenvalue weighted by atomic mass is 10.1. The largest absolute Gasteiger partial charge is 0.496 e. The van der Waals surface area contributed by atoms with Crippen LogP contribution in [0.5, 0.6) is 5.75 Å². The van der Waals surface area contributed by atoms with Gasteiger partial charge in [0.15, 0.2) is 0 Å². The van der Waals surface area contributed by atoms with E-state index in [1.807, 2.05) is 31.0 Å². The molecule has 1 rings (SSSR count). The van der Waals surface area contributed by atoms with E-state index < -0.39 is 6.10 Å². The number of hydrogen-bond donors (Lipinski definition) is 2. The lowest BCUT2D eigenvalue weighted by Crippen LogP contribution is -2.36. The van der Waals surface area contributed by atoms with E-state index in [1.165, 1.54) is 0 Å². The van der Waals surface area contributed by atoms with Gasteiger partial charge in [-0.25, -0.2) is 0 Å². The number of benzene rings is 1. The first-order chi connectivity index (χ1) is 9.51. The zero-order valence-corrected chi connectivity index (χ0v) is 12.6. The minimum absolute atomic E-state index is 0.0336. The van der Waals surface area contributed by atoms with Gasteiger partial charge in [-0.3, -0.25) is 4.79 Å². The van der Waals surface area contributed by atoms with Gasteiger partial charge in [-0.2, -0.15) is 0 Å². The predicted octanol–water partition coefficient (Wildman–Crippen LogP) is 1.71. The summed E-state index contributed by atoms with van der Waals surface area (Å²) < 4.78 is 5.28. The van der Waals surface area contributed by atoms with Gasteiger partial charge >= 0.3 is 0 Å². The third-order valence-corrected chi connectivity index (χ3v) is 3.04. The molecule has 1 aromatic rings. The molecule has 0 spiro atoms. The molecule has 0 heterocycles. The maximum absolute atomic E-state index is 11.8. The van der Waals surface area contributed by atoms with E-state index in [0.29, 0.717) is 17.9 Å². The van der Waals surface area contributed by atoms with Gasteiger partial charge in [0.1, 0.15) is 5.75 Å². The fraction of sp³-hybridized carbons (Fsp3) is 0.533. The van der Waals surface area contributed by atoms with E-state index in [1.54, 1.807) is 20.1 Å². The van der Waals surface area contributed by atoms with E-state index in [2.05, 4.69) is 5.32 Å². The molecule has 5 nitrogen and oxygen atoms in total. The Morgan fingerprint density at radius 1 is 1.50 bits per heavy atom. The molecule has 0 saturated heterocycles. The summed E-state index contributed by atoms with van der Waals surface area (Å²) in [5.41, 5.74) is 1.49. The number of aliphatic hydroxyl groups is 1. The van der Waals surface area contributed by atoms with E-state index >= 15 is 0 Å². The van der Waals surface area contributed by atoms with Gasteiger partial charge in [-0.15, -0.1) is 0 Å². The molecule has 0 saturated carbocycles. The van der Waals surface area contributed by atoms with Crippen LogP contribution in [0.1, 0.15) is 31.9 Å². The Hall–Kier alpha value is -1.75. The first-order valence-electron chi connectivity index (χ1n) is 6.84. The molecular formula is C15H24N2O3. The first-order valence-corrected chi connectivity index (χ1v) is 6.84. The second kappa shape index (κ2) is 7.75. The summed E-state index contributed by atoms with van der Waals surface area (Å²) in [6.07, 6.45) is 0.246. The molecule has 0 aliphatic heterocycles. The van der Waals surface area contributed by atoms with Crippen LogP contribution in [0.4, 0.5) is 5.69 Å². The van der Waals surface area contributed by atoms with Crippen LogP contribution in [0, 0.1) is 0 Å². The molecule has 0 aromatic heterocycles. The van der Waals surface area contributed by atoms with Gasteiger partial charge < -0.3 is 20.1 Å². The van der Waals surface area contributed by atoms with E-state index in [4.69, 9.17) is 4.74 Å². The van der Waals surface area contributed by atoms with Crippen LogP contribution >= 0.6 is 0 Å². The molecule has 20 heavy (non-hydrogen) atoms. The molecule has 1 amide bonds. The molecule has 2 N–H and O–H groups in total. The Balaban J connectivity index is 2.92. The molecule has 0 aliphatic rings. The maximum atomic E-state index is 11.8. The zero-order valence-electron chi connectivity index (χ0n) is 12.6. The summed E-state index contributed by atoms with van der Waals surface area (Å²) in [7, 11) is 3.39. The summed E-state index contributed by atoms with van der Waals surface area (Å²) in [4.78, 5) is 13.6. The predicted molar refractivity (Wildman–Crippen MR) is 80.2 cm³/mol. The monoisotopic (exact) mass is 280 g/mol. The lowest BCUT2D eigenvalue weighted by molar-refractivity contribution is -0.119. The Kier molecular flexibility index (Phi) is 6.31. The van der Waals surface area contributed by atoms with Gasteiger partial charge in [-0.1, -0.05) is 13.0 Å². The van der Waals surface area contributed by atoms with Crippen LogP contribution in [0.15, 0.2) is 18.2 Å². The molecule has 0 unspecified atom stereocenters.